The number of carboxylic acids is 1. The van der Waals surface area contributed by atoms with Crippen molar-refractivity contribution in [1.82, 2.24) is 0 Å². The van der Waals surface area contributed by atoms with Gasteiger partial charge in [-0.1, -0.05) is 24.3 Å². The van der Waals surface area contributed by atoms with E-state index in [1.807, 2.05) is 12.1 Å². The highest BCUT2D eigenvalue weighted by molar-refractivity contribution is 5.98. The number of methoxy groups -OCH3 is 1. The lowest BCUT2D eigenvalue weighted by Gasteiger charge is -2.13. The van der Waals surface area contributed by atoms with Crippen LogP contribution in [0.2, 0.25) is 0 Å². The summed E-state index contributed by atoms with van der Waals surface area (Å²) in [5.74, 6) is -0.858. The van der Waals surface area contributed by atoms with Crippen molar-refractivity contribution in [3.05, 3.63) is 59.2 Å². The molecule has 0 aliphatic heterocycles. The van der Waals surface area contributed by atoms with E-state index in [2.05, 4.69) is 17.4 Å². The lowest BCUT2D eigenvalue weighted by molar-refractivity contribution is -0.117. The number of hydrogen-bond donors (Lipinski definition) is 2. The molecule has 2 unspecified atom stereocenters. The van der Waals surface area contributed by atoms with Crippen molar-refractivity contribution in [1.29, 1.82) is 0 Å². The molecule has 4 rings (SSSR count). The highest BCUT2D eigenvalue weighted by Gasteiger charge is 2.61. The number of carbonyl (C=O) groups excluding carboxylic acids is 1. The molecule has 1 fully saturated rings. The highest BCUT2D eigenvalue weighted by Crippen LogP contribution is 2.61. The maximum atomic E-state index is 12.7. The Hall–Kier alpha value is -2.82. The fourth-order valence-corrected chi connectivity index (χ4v) is 4.11. The summed E-state index contributed by atoms with van der Waals surface area (Å²) in [6, 6.07) is 13.0. The number of aromatic carboxylic acids is 1. The molecule has 0 radical (unpaired) electrons. The molecule has 128 valence electrons. The Labute approximate surface area is 145 Å². The summed E-state index contributed by atoms with van der Waals surface area (Å²) < 4.78 is 5.11. The van der Waals surface area contributed by atoms with E-state index in [0.29, 0.717) is 5.69 Å². The first kappa shape index (κ1) is 15.7. The van der Waals surface area contributed by atoms with Gasteiger partial charge in [0, 0.05) is 23.1 Å². The van der Waals surface area contributed by atoms with E-state index in [0.717, 1.165) is 19.3 Å². The molecule has 2 aliphatic rings. The maximum absolute atomic E-state index is 12.7. The van der Waals surface area contributed by atoms with Crippen molar-refractivity contribution in [2.45, 2.75) is 24.7 Å². The van der Waals surface area contributed by atoms with Gasteiger partial charge in [0.25, 0.3) is 0 Å². The van der Waals surface area contributed by atoms with Crippen molar-refractivity contribution in [2.24, 2.45) is 5.92 Å². The zero-order valence-corrected chi connectivity index (χ0v) is 13.9. The van der Waals surface area contributed by atoms with Crippen molar-refractivity contribution in [3.63, 3.8) is 0 Å². The van der Waals surface area contributed by atoms with Gasteiger partial charge in [0.05, 0.1) is 7.11 Å². The minimum atomic E-state index is -1.06. The molecule has 2 N–H and O–H groups in total. The SMILES string of the molecule is COc1cc(NC(=O)C2CC23CCc2ccccc23)ccc1C(=O)O. The predicted octanol–water partition coefficient (Wildman–Crippen LogP) is 3.24. The summed E-state index contributed by atoms with van der Waals surface area (Å²) >= 11 is 0. The number of benzene rings is 2. The summed E-state index contributed by atoms with van der Waals surface area (Å²) in [7, 11) is 1.42. The van der Waals surface area contributed by atoms with Crippen molar-refractivity contribution < 1.29 is 19.4 Å². The Balaban J connectivity index is 1.52. The van der Waals surface area contributed by atoms with Crippen molar-refractivity contribution in [3.8, 4) is 5.75 Å². The van der Waals surface area contributed by atoms with Gasteiger partial charge in [0.1, 0.15) is 11.3 Å². The van der Waals surface area contributed by atoms with E-state index in [1.54, 1.807) is 12.1 Å². The molecule has 25 heavy (non-hydrogen) atoms. The number of rotatable bonds is 4. The van der Waals surface area contributed by atoms with Gasteiger partial charge in [-0.2, -0.15) is 0 Å². The third-order valence-electron chi connectivity index (χ3n) is 5.49. The first-order valence-corrected chi connectivity index (χ1v) is 8.36. The molecule has 5 nitrogen and oxygen atoms in total. The molecule has 2 aromatic carbocycles. The number of fused-ring (bicyclic) bond motifs is 2. The molecule has 0 heterocycles. The van der Waals surface area contributed by atoms with Gasteiger partial charge in [0.15, 0.2) is 0 Å². The second kappa shape index (κ2) is 5.62. The smallest absolute Gasteiger partial charge is 0.339 e. The molecule has 2 atom stereocenters. The van der Waals surface area contributed by atoms with Crippen LogP contribution in [0.4, 0.5) is 5.69 Å². The van der Waals surface area contributed by atoms with E-state index in [4.69, 9.17) is 9.84 Å². The first-order chi connectivity index (χ1) is 12.0. The lowest BCUT2D eigenvalue weighted by Crippen LogP contribution is -2.20. The van der Waals surface area contributed by atoms with Crippen LogP contribution in [0, 0.1) is 5.92 Å². The predicted molar refractivity (Wildman–Crippen MR) is 93.1 cm³/mol. The topological polar surface area (TPSA) is 75.6 Å². The van der Waals surface area contributed by atoms with Gasteiger partial charge in [-0.15, -0.1) is 0 Å². The number of anilines is 1. The number of carbonyl (C=O) groups is 2. The molecule has 0 aromatic heterocycles. The molecule has 2 aliphatic carbocycles. The minimum Gasteiger partial charge on any atom is -0.496 e. The van der Waals surface area contributed by atoms with Gasteiger partial charge in [-0.3, -0.25) is 4.79 Å². The van der Waals surface area contributed by atoms with Gasteiger partial charge in [-0.05, 0) is 42.5 Å². The summed E-state index contributed by atoms with van der Waals surface area (Å²) in [4.78, 5) is 23.8. The van der Waals surface area contributed by atoms with E-state index in [-0.39, 0.29) is 28.6 Å². The zero-order chi connectivity index (χ0) is 17.6. The normalized spacial score (nSPS) is 23.2. The quantitative estimate of drug-likeness (QED) is 0.898. The number of ether oxygens (including phenoxy) is 1. The Morgan fingerprint density at radius 1 is 1.24 bits per heavy atom. The van der Waals surface area contributed by atoms with Crippen LogP contribution in [0.1, 0.15) is 34.3 Å². The molecule has 1 saturated carbocycles. The number of amides is 1. The third kappa shape index (κ3) is 2.47. The molecule has 1 spiro atoms. The zero-order valence-electron chi connectivity index (χ0n) is 13.9. The highest BCUT2D eigenvalue weighted by atomic mass is 16.5. The average molecular weight is 337 g/mol. The Morgan fingerprint density at radius 2 is 2.04 bits per heavy atom. The van der Waals surface area contributed by atoms with E-state index in [9.17, 15) is 9.59 Å². The number of carboxylic acid groups (broad SMARTS) is 1. The minimum absolute atomic E-state index is 0.00817. The van der Waals surface area contributed by atoms with Crippen LogP contribution >= 0.6 is 0 Å². The lowest BCUT2D eigenvalue weighted by atomic mass is 9.95. The Kier molecular flexibility index (Phi) is 3.53. The van der Waals surface area contributed by atoms with Crippen LogP contribution in [-0.4, -0.2) is 24.1 Å². The molecular formula is C20H19NO4. The summed E-state index contributed by atoms with van der Waals surface area (Å²) in [5.41, 5.74) is 3.29. The van der Waals surface area contributed by atoms with Crippen molar-refractivity contribution in [2.75, 3.05) is 12.4 Å². The molecule has 0 saturated heterocycles. The summed E-state index contributed by atoms with van der Waals surface area (Å²) in [6.07, 6.45) is 2.92. The van der Waals surface area contributed by atoms with Crippen LogP contribution in [0.15, 0.2) is 42.5 Å². The Bertz CT molecular complexity index is 876. The summed E-state index contributed by atoms with van der Waals surface area (Å²) in [6.45, 7) is 0. The van der Waals surface area contributed by atoms with Gasteiger partial charge >= 0.3 is 5.97 Å². The van der Waals surface area contributed by atoms with Gasteiger partial charge in [0.2, 0.25) is 5.91 Å². The second-order valence-corrected chi connectivity index (χ2v) is 6.78. The van der Waals surface area contributed by atoms with E-state index >= 15 is 0 Å². The largest absolute Gasteiger partial charge is 0.496 e. The molecule has 5 heteroatoms. The van der Waals surface area contributed by atoms with Gasteiger partial charge in [-0.25, -0.2) is 4.79 Å². The first-order valence-electron chi connectivity index (χ1n) is 8.36. The fourth-order valence-electron chi connectivity index (χ4n) is 4.11. The van der Waals surface area contributed by atoms with Crippen LogP contribution in [0.25, 0.3) is 0 Å². The second-order valence-electron chi connectivity index (χ2n) is 6.78. The number of hydrogen-bond acceptors (Lipinski definition) is 3. The maximum Gasteiger partial charge on any atom is 0.339 e. The third-order valence-corrected chi connectivity index (χ3v) is 5.49. The summed E-state index contributed by atoms with van der Waals surface area (Å²) in [5, 5.41) is 12.0. The van der Waals surface area contributed by atoms with Gasteiger partial charge < -0.3 is 15.2 Å². The average Bonchev–Trinajstić information content (AvgIpc) is 3.24. The standard InChI is InChI=1S/C20H19NO4/c1-25-17-10-13(6-7-14(17)19(23)24)21-18(22)16-11-20(16)9-8-12-4-2-3-5-15(12)20/h2-7,10,16H,8-9,11H2,1H3,(H,21,22)(H,23,24). The fraction of sp³-hybridized carbons (Fsp3) is 0.300. The monoisotopic (exact) mass is 337 g/mol. The van der Waals surface area contributed by atoms with Crippen LogP contribution < -0.4 is 10.1 Å². The van der Waals surface area contributed by atoms with Crippen LogP contribution in [0.5, 0.6) is 5.75 Å². The molecular weight excluding hydrogens is 318 g/mol. The van der Waals surface area contributed by atoms with E-state index < -0.39 is 5.97 Å². The number of nitrogens with one attached hydrogen (secondary N) is 1. The molecule has 0 bridgehead atoms. The van der Waals surface area contributed by atoms with E-state index in [1.165, 1.54) is 24.3 Å². The molecule has 2 aromatic rings. The molecule has 1 amide bonds. The Morgan fingerprint density at radius 3 is 2.80 bits per heavy atom. The van der Waals surface area contributed by atoms with Crippen LogP contribution in [0.3, 0.4) is 0 Å². The van der Waals surface area contributed by atoms with Crippen LogP contribution in [-0.2, 0) is 16.6 Å². The van der Waals surface area contributed by atoms with Crippen molar-refractivity contribution >= 4 is 17.6 Å². The number of aryl methyl sites for hydroxylation is 1.